The van der Waals surface area contributed by atoms with E-state index in [0.717, 1.165) is 19.5 Å². The Morgan fingerprint density at radius 1 is 0.641 bits per heavy atom. The highest BCUT2D eigenvalue weighted by Gasteiger charge is 2.47. The van der Waals surface area contributed by atoms with Crippen molar-refractivity contribution in [3.8, 4) is 0 Å². The van der Waals surface area contributed by atoms with Crippen molar-refractivity contribution in [3.63, 3.8) is 0 Å². The molecule has 7 N–H and O–H groups in total. The van der Waals surface area contributed by atoms with Crippen molar-refractivity contribution < 1.29 is 73.0 Å². The van der Waals surface area contributed by atoms with Crippen molar-refractivity contribution in [2.24, 2.45) is 0 Å². The van der Waals surface area contributed by atoms with Crippen LogP contribution in [0.4, 0.5) is 0 Å². The Kier molecular flexibility index (Phi) is 15.7. The summed E-state index contributed by atoms with van der Waals surface area (Å²) in [6.45, 7) is 1.83. The highest BCUT2D eigenvalue weighted by atomic mass is 31.2. The van der Waals surface area contributed by atoms with E-state index < -0.39 is 75.6 Å². The largest absolute Gasteiger partial charge is 0.387 e. The number of ether oxygens (including phenoxy) is 6. The van der Waals surface area contributed by atoms with Gasteiger partial charge in [-0.2, -0.15) is 0 Å². The van der Waals surface area contributed by atoms with Gasteiger partial charge in [0.15, 0.2) is 12.6 Å². The molecule has 0 aromatic carbocycles. The Morgan fingerprint density at radius 3 is 1.74 bits per heavy atom. The molecule has 0 saturated carbocycles. The van der Waals surface area contributed by atoms with Gasteiger partial charge in [-0.3, -0.25) is 4.57 Å². The molecule has 11 unspecified atom stereocenters. The summed E-state index contributed by atoms with van der Waals surface area (Å²) in [5, 5.41) is 61.7. The molecule has 2 aliphatic heterocycles. The first kappa shape index (κ1) is 34.9. The fourth-order valence-corrected chi connectivity index (χ4v) is 4.51. The van der Waals surface area contributed by atoms with Crippen LogP contribution in [0, 0.1) is 0 Å². The summed E-state index contributed by atoms with van der Waals surface area (Å²) in [7, 11) is -1.92. The Labute approximate surface area is 228 Å². The molecule has 16 heteroatoms. The summed E-state index contributed by atoms with van der Waals surface area (Å²) < 4.78 is 48.5. The van der Waals surface area contributed by atoms with Crippen LogP contribution in [-0.2, 0) is 37.5 Å². The fourth-order valence-electron chi connectivity index (χ4n) is 4.04. The van der Waals surface area contributed by atoms with E-state index in [2.05, 4.69) is 0 Å². The molecule has 15 nitrogen and oxygen atoms in total. The first-order valence-corrected chi connectivity index (χ1v) is 15.1. The number of hydrogen-bond acceptors (Lipinski definition) is 14. The van der Waals surface area contributed by atoms with Crippen molar-refractivity contribution in [1.29, 1.82) is 0 Å². The zero-order valence-electron chi connectivity index (χ0n) is 22.4. The third-order valence-corrected chi connectivity index (χ3v) is 6.99. The summed E-state index contributed by atoms with van der Waals surface area (Å²) in [6, 6.07) is 0. The predicted molar refractivity (Wildman–Crippen MR) is 133 cm³/mol. The van der Waals surface area contributed by atoms with E-state index in [4.69, 9.17) is 37.8 Å². The third kappa shape index (κ3) is 11.8. The first-order chi connectivity index (χ1) is 18.5. The molecule has 2 heterocycles. The topological polar surface area (TPSA) is 223 Å². The smallest absolute Gasteiger partial charge is 0.325 e. The van der Waals surface area contributed by atoms with Gasteiger partial charge >= 0.3 is 7.60 Å². The van der Waals surface area contributed by atoms with Gasteiger partial charge < -0.3 is 68.5 Å². The zero-order valence-corrected chi connectivity index (χ0v) is 23.3. The minimum Gasteiger partial charge on any atom is -0.387 e. The fraction of sp³-hybridized carbons (Fsp3) is 1.00. The van der Waals surface area contributed by atoms with E-state index in [-0.39, 0.29) is 19.8 Å². The van der Waals surface area contributed by atoms with Gasteiger partial charge in [-0.05, 0) is 32.1 Å². The zero-order chi connectivity index (χ0) is 29.0. The molecule has 0 amide bonds. The summed E-state index contributed by atoms with van der Waals surface area (Å²) in [6.07, 6.45) is -11.1. The molecule has 0 radical (unpaired) electrons. The van der Waals surface area contributed by atoms with Gasteiger partial charge in [0, 0.05) is 33.6 Å². The molecule has 0 aliphatic carbocycles. The molecule has 0 aromatic rings. The number of unbranched alkanes of at least 4 members (excludes halogenated alkanes) is 3. The van der Waals surface area contributed by atoms with Crippen molar-refractivity contribution in [2.75, 3.05) is 53.4 Å². The van der Waals surface area contributed by atoms with E-state index in [9.17, 15) is 35.2 Å². The molecule has 2 aliphatic rings. The summed E-state index contributed by atoms with van der Waals surface area (Å²) in [5.74, 6) is 0. The van der Waals surface area contributed by atoms with Crippen LogP contribution in [0.25, 0.3) is 0 Å². The number of aliphatic hydroxyl groups excluding tert-OH is 6. The highest BCUT2D eigenvalue weighted by Crippen LogP contribution is 2.36. The lowest BCUT2D eigenvalue weighted by molar-refractivity contribution is -0.331. The van der Waals surface area contributed by atoms with E-state index >= 15 is 0 Å². The standard InChI is InChI=1S/C23H45O15P/c1-32-8-6-7-9-33-12-14-16(24)18(26)21(29)23(37-14)35-13-15-17(25)19(27)20(28)22(38-15)34-10-4-3-5-11-36-39(2,30)31/h14-29H,3-13H2,1-2H3,(H,30,31). The van der Waals surface area contributed by atoms with Crippen molar-refractivity contribution in [3.05, 3.63) is 0 Å². The van der Waals surface area contributed by atoms with Gasteiger partial charge in [-0.15, -0.1) is 0 Å². The maximum Gasteiger partial charge on any atom is 0.325 e. The number of methoxy groups -OCH3 is 1. The van der Waals surface area contributed by atoms with Crippen LogP contribution in [0.3, 0.4) is 0 Å². The molecule has 0 aromatic heterocycles. The molecular weight excluding hydrogens is 547 g/mol. The van der Waals surface area contributed by atoms with Gasteiger partial charge in [0.05, 0.1) is 19.8 Å². The second kappa shape index (κ2) is 17.6. The minimum atomic E-state index is -3.52. The van der Waals surface area contributed by atoms with Crippen LogP contribution in [0.5, 0.6) is 0 Å². The minimum absolute atomic E-state index is 0.0644. The SMILES string of the molecule is COCCCCOCC1OC(OCC2OC(OCCCCCOP(C)(=O)O)C(O)C(O)C2O)C(O)C(O)C1O. The van der Waals surface area contributed by atoms with Crippen molar-refractivity contribution >= 4 is 7.60 Å². The van der Waals surface area contributed by atoms with Gasteiger partial charge in [0.25, 0.3) is 0 Å². The van der Waals surface area contributed by atoms with E-state index in [1.54, 1.807) is 7.11 Å². The Hall–Kier alpha value is -0.330. The monoisotopic (exact) mass is 592 g/mol. The lowest BCUT2D eigenvalue weighted by Crippen LogP contribution is -2.61. The maximum absolute atomic E-state index is 11.1. The lowest BCUT2D eigenvalue weighted by Gasteiger charge is -2.43. The molecule has 232 valence electrons. The predicted octanol–water partition coefficient (Wildman–Crippen LogP) is -1.92. The van der Waals surface area contributed by atoms with Gasteiger partial charge in [-0.1, -0.05) is 0 Å². The maximum atomic E-state index is 11.1. The molecule has 11 atom stereocenters. The molecule has 2 rings (SSSR count). The highest BCUT2D eigenvalue weighted by molar-refractivity contribution is 7.51. The Morgan fingerprint density at radius 2 is 1.15 bits per heavy atom. The van der Waals surface area contributed by atoms with Crippen LogP contribution in [0.2, 0.25) is 0 Å². The average molecular weight is 593 g/mol. The van der Waals surface area contributed by atoms with Crippen molar-refractivity contribution in [1.82, 2.24) is 0 Å². The summed E-state index contributed by atoms with van der Waals surface area (Å²) in [5.41, 5.74) is 0. The van der Waals surface area contributed by atoms with Crippen LogP contribution in [-0.4, -0.2) is 150 Å². The average Bonchev–Trinajstić information content (AvgIpc) is 2.89. The van der Waals surface area contributed by atoms with Crippen LogP contribution < -0.4 is 0 Å². The molecular formula is C23H45O15P. The molecule has 2 fully saturated rings. The summed E-state index contributed by atoms with van der Waals surface area (Å²) in [4.78, 5) is 9.09. The second-order valence-electron chi connectivity index (χ2n) is 9.71. The Balaban J connectivity index is 1.80. The third-order valence-electron chi connectivity index (χ3n) is 6.33. The number of aliphatic hydroxyl groups is 6. The first-order valence-electron chi connectivity index (χ1n) is 13.1. The van der Waals surface area contributed by atoms with Crippen LogP contribution >= 0.6 is 7.60 Å². The number of hydrogen-bond donors (Lipinski definition) is 7. The quantitative estimate of drug-likeness (QED) is 0.0681. The van der Waals surface area contributed by atoms with Crippen LogP contribution in [0.15, 0.2) is 0 Å². The van der Waals surface area contributed by atoms with Gasteiger partial charge in [-0.25, -0.2) is 0 Å². The normalized spacial score (nSPS) is 37.1. The van der Waals surface area contributed by atoms with E-state index in [1.807, 2.05) is 0 Å². The lowest BCUT2D eigenvalue weighted by atomic mass is 9.98. The molecule has 2 saturated heterocycles. The van der Waals surface area contributed by atoms with Gasteiger partial charge in [0.2, 0.25) is 0 Å². The van der Waals surface area contributed by atoms with E-state index in [0.29, 0.717) is 32.5 Å². The number of rotatable bonds is 18. The van der Waals surface area contributed by atoms with E-state index in [1.165, 1.54) is 0 Å². The Bertz CT molecular complexity index is 711. The van der Waals surface area contributed by atoms with Crippen LogP contribution in [0.1, 0.15) is 32.1 Å². The second-order valence-corrected chi connectivity index (χ2v) is 11.6. The molecule has 39 heavy (non-hydrogen) atoms. The molecule has 0 bridgehead atoms. The summed E-state index contributed by atoms with van der Waals surface area (Å²) >= 11 is 0. The van der Waals surface area contributed by atoms with Gasteiger partial charge in [0.1, 0.15) is 48.8 Å². The molecule has 0 spiro atoms. The van der Waals surface area contributed by atoms with Crippen molar-refractivity contribution in [2.45, 2.75) is 93.5 Å².